The van der Waals surface area contributed by atoms with Crippen molar-refractivity contribution in [2.75, 3.05) is 46.7 Å². The fourth-order valence-corrected chi connectivity index (χ4v) is 4.04. The van der Waals surface area contributed by atoms with Gasteiger partial charge in [-0.2, -0.15) is 0 Å². The number of ether oxygens (including phenoxy) is 4. The second-order valence-corrected chi connectivity index (χ2v) is 8.00. The van der Waals surface area contributed by atoms with Crippen LogP contribution in [0.3, 0.4) is 0 Å². The number of carbonyl (C=O) groups excluding carboxylic acids is 1. The second kappa shape index (κ2) is 9.66. The zero-order valence-corrected chi connectivity index (χ0v) is 18.6. The summed E-state index contributed by atoms with van der Waals surface area (Å²) < 4.78 is 21.9. The lowest BCUT2D eigenvalue weighted by molar-refractivity contribution is 0.0628. The molecule has 2 aliphatic rings. The summed E-state index contributed by atoms with van der Waals surface area (Å²) in [5, 5.41) is 0.387. The molecule has 0 bridgehead atoms. The number of amides is 1. The topological polar surface area (TPSA) is 60.5 Å². The van der Waals surface area contributed by atoms with Crippen molar-refractivity contribution < 1.29 is 23.7 Å². The van der Waals surface area contributed by atoms with Crippen LogP contribution in [0.4, 0.5) is 0 Å². The van der Waals surface area contributed by atoms with E-state index in [0.717, 1.165) is 37.6 Å². The van der Waals surface area contributed by atoms with Gasteiger partial charge in [0.15, 0.2) is 23.0 Å². The molecule has 31 heavy (non-hydrogen) atoms. The molecule has 8 heteroatoms. The lowest BCUT2D eigenvalue weighted by atomic mass is 10.1. The first-order valence-corrected chi connectivity index (χ1v) is 10.9. The van der Waals surface area contributed by atoms with E-state index in [4.69, 9.17) is 30.5 Å². The van der Waals surface area contributed by atoms with Crippen LogP contribution in [-0.4, -0.2) is 62.4 Å². The van der Waals surface area contributed by atoms with Crippen molar-refractivity contribution in [3.8, 4) is 23.0 Å². The summed E-state index contributed by atoms with van der Waals surface area (Å²) in [6.45, 7) is 6.53. The highest BCUT2D eigenvalue weighted by atomic mass is 35.5. The summed E-state index contributed by atoms with van der Waals surface area (Å²) in [5.74, 6) is 2.50. The van der Waals surface area contributed by atoms with Gasteiger partial charge < -0.3 is 23.8 Å². The SMILES string of the molecule is CCCOc1c(Cl)cc(C(=O)N2CCN(Cc3ccc4c(c3)OCO4)CC2)cc1OC. The van der Waals surface area contributed by atoms with E-state index in [1.54, 1.807) is 19.2 Å². The predicted octanol–water partition coefficient (Wildman–Crippen LogP) is 3.82. The van der Waals surface area contributed by atoms with Gasteiger partial charge >= 0.3 is 0 Å². The Labute approximate surface area is 187 Å². The number of nitrogens with zero attached hydrogens (tertiary/aromatic N) is 2. The molecule has 166 valence electrons. The zero-order chi connectivity index (χ0) is 21.8. The van der Waals surface area contributed by atoms with Crippen molar-refractivity contribution in [3.63, 3.8) is 0 Å². The average molecular weight is 447 g/mol. The molecular weight excluding hydrogens is 420 g/mol. The third-order valence-corrected chi connectivity index (χ3v) is 5.71. The standard InChI is InChI=1S/C23H27ClN2O5/c1-3-10-29-22-18(24)12-17(13-21(22)28-2)23(27)26-8-6-25(7-9-26)14-16-4-5-19-20(11-16)31-15-30-19/h4-5,11-13H,3,6-10,14-15H2,1-2H3. The molecule has 0 spiro atoms. The van der Waals surface area contributed by atoms with Crippen LogP contribution in [-0.2, 0) is 6.54 Å². The summed E-state index contributed by atoms with van der Waals surface area (Å²) >= 11 is 6.38. The fraction of sp³-hybridized carbons (Fsp3) is 0.435. The molecule has 4 rings (SSSR count). The van der Waals surface area contributed by atoms with Crippen molar-refractivity contribution in [1.29, 1.82) is 0 Å². The van der Waals surface area contributed by atoms with Gasteiger partial charge in [0.2, 0.25) is 6.79 Å². The summed E-state index contributed by atoms with van der Waals surface area (Å²) in [7, 11) is 1.55. The first-order chi connectivity index (χ1) is 15.1. The number of benzene rings is 2. The van der Waals surface area contributed by atoms with Crippen LogP contribution in [0.2, 0.25) is 5.02 Å². The average Bonchev–Trinajstić information content (AvgIpc) is 3.26. The Morgan fingerprint density at radius 1 is 1.10 bits per heavy atom. The predicted molar refractivity (Wildman–Crippen MR) is 118 cm³/mol. The first kappa shape index (κ1) is 21.6. The molecule has 7 nitrogen and oxygen atoms in total. The molecule has 2 aromatic carbocycles. The van der Waals surface area contributed by atoms with Crippen LogP contribution >= 0.6 is 11.6 Å². The maximum absolute atomic E-state index is 13.1. The van der Waals surface area contributed by atoms with Gasteiger partial charge in [0.1, 0.15) is 0 Å². The fourth-order valence-electron chi connectivity index (χ4n) is 3.78. The molecule has 0 unspecified atom stereocenters. The van der Waals surface area contributed by atoms with E-state index < -0.39 is 0 Å². The van der Waals surface area contributed by atoms with E-state index in [1.807, 2.05) is 24.0 Å². The number of piperazine rings is 1. The maximum Gasteiger partial charge on any atom is 0.254 e. The molecule has 0 N–H and O–H groups in total. The molecular formula is C23H27ClN2O5. The highest BCUT2D eigenvalue weighted by molar-refractivity contribution is 6.32. The highest BCUT2D eigenvalue weighted by Gasteiger charge is 2.25. The summed E-state index contributed by atoms with van der Waals surface area (Å²) in [4.78, 5) is 17.2. The van der Waals surface area contributed by atoms with E-state index >= 15 is 0 Å². The Balaban J connectivity index is 1.37. The van der Waals surface area contributed by atoms with Crippen LogP contribution in [0.5, 0.6) is 23.0 Å². The lowest BCUT2D eigenvalue weighted by Crippen LogP contribution is -2.48. The number of halogens is 1. The quantitative estimate of drug-likeness (QED) is 0.644. The van der Waals surface area contributed by atoms with Crippen molar-refractivity contribution >= 4 is 17.5 Å². The Hall–Kier alpha value is -2.64. The van der Waals surface area contributed by atoms with Gasteiger partial charge in [-0.15, -0.1) is 0 Å². The maximum atomic E-state index is 13.1. The Morgan fingerprint density at radius 2 is 1.87 bits per heavy atom. The van der Waals surface area contributed by atoms with Gasteiger partial charge in [-0.3, -0.25) is 9.69 Å². The monoisotopic (exact) mass is 446 g/mol. The number of carbonyl (C=O) groups is 1. The van der Waals surface area contributed by atoms with Crippen molar-refractivity contribution in [2.24, 2.45) is 0 Å². The normalized spacial score (nSPS) is 15.8. The van der Waals surface area contributed by atoms with E-state index in [1.165, 1.54) is 5.56 Å². The minimum absolute atomic E-state index is 0.0510. The van der Waals surface area contributed by atoms with E-state index in [9.17, 15) is 4.79 Å². The van der Waals surface area contributed by atoms with Crippen LogP contribution in [0.25, 0.3) is 0 Å². The second-order valence-electron chi connectivity index (χ2n) is 7.59. The minimum atomic E-state index is -0.0510. The molecule has 1 saturated heterocycles. The largest absolute Gasteiger partial charge is 0.493 e. The van der Waals surface area contributed by atoms with Gasteiger partial charge in [0.05, 0.1) is 18.7 Å². The summed E-state index contributed by atoms with van der Waals surface area (Å²) in [6.07, 6.45) is 0.858. The van der Waals surface area contributed by atoms with Crippen molar-refractivity contribution in [2.45, 2.75) is 19.9 Å². The summed E-state index contributed by atoms with van der Waals surface area (Å²) in [6, 6.07) is 9.40. The lowest BCUT2D eigenvalue weighted by Gasteiger charge is -2.35. The van der Waals surface area contributed by atoms with Crippen molar-refractivity contribution in [3.05, 3.63) is 46.5 Å². The third kappa shape index (κ3) is 4.83. The first-order valence-electron chi connectivity index (χ1n) is 10.5. The van der Waals surface area contributed by atoms with E-state index in [2.05, 4.69) is 11.0 Å². The van der Waals surface area contributed by atoms with Crippen molar-refractivity contribution in [1.82, 2.24) is 9.80 Å². The Kier molecular flexibility index (Phi) is 6.73. The van der Waals surface area contributed by atoms with Crippen LogP contribution in [0, 0.1) is 0 Å². The van der Waals surface area contributed by atoms with Gasteiger partial charge in [-0.05, 0) is 36.2 Å². The van der Waals surface area contributed by atoms with Gasteiger partial charge in [0, 0.05) is 38.3 Å². The van der Waals surface area contributed by atoms with Gasteiger partial charge in [-0.25, -0.2) is 0 Å². The molecule has 0 aromatic heterocycles. The third-order valence-electron chi connectivity index (χ3n) is 5.43. The molecule has 0 aliphatic carbocycles. The molecule has 0 radical (unpaired) electrons. The van der Waals surface area contributed by atoms with Crippen LogP contribution in [0.15, 0.2) is 30.3 Å². The molecule has 2 aromatic rings. The summed E-state index contributed by atoms with van der Waals surface area (Å²) in [5.41, 5.74) is 1.68. The van der Waals surface area contributed by atoms with Crippen LogP contribution in [0.1, 0.15) is 29.3 Å². The molecule has 1 amide bonds. The number of rotatable bonds is 7. The number of methoxy groups -OCH3 is 1. The highest BCUT2D eigenvalue weighted by Crippen LogP contribution is 2.37. The Morgan fingerprint density at radius 3 is 2.61 bits per heavy atom. The smallest absolute Gasteiger partial charge is 0.254 e. The number of hydrogen-bond acceptors (Lipinski definition) is 6. The van der Waals surface area contributed by atoms with Crippen LogP contribution < -0.4 is 18.9 Å². The minimum Gasteiger partial charge on any atom is -0.493 e. The number of hydrogen-bond donors (Lipinski definition) is 0. The molecule has 0 atom stereocenters. The zero-order valence-electron chi connectivity index (χ0n) is 17.9. The van der Waals surface area contributed by atoms with E-state index in [-0.39, 0.29) is 12.7 Å². The van der Waals surface area contributed by atoms with Gasteiger partial charge in [-0.1, -0.05) is 24.6 Å². The molecule has 1 fully saturated rings. The molecule has 0 saturated carbocycles. The number of fused-ring (bicyclic) bond motifs is 1. The molecule has 2 aliphatic heterocycles. The molecule has 2 heterocycles. The van der Waals surface area contributed by atoms with E-state index in [0.29, 0.717) is 41.8 Å². The van der Waals surface area contributed by atoms with Gasteiger partial charge in [0.25, 0.3) is 5.91 Å². The Bertz CT molecular complexity index is 944.